The second kappa shape index (κ2) is 6.05. The van der Waals surface area contributed by atoms with Crippen LogP contribution in [0.1, 0.15) is 12.0 Å². The number of thioether (sulfide) groups is 2. The fourth-order valence-electron chi connectivity index (χ4n) is 1.47. The minimum Gasteiger partial charge on any atom is -0.224 e. The first kappa shape index (κ1) is 14.8. The Morgan fingerprint density at radius 2 is 1.59 bits per heavy atom. The van der Waals surface area contributed by atoms with E-state index in [1.165, 1.54) is 12.5 Å². The zero-order valence-corrected chi connectivity index (χ0v) is 11.4. The number of rotatable bonds is 6. The minimum absolute atomic E-state index is 0.188. The molecule has 96 valence electrons. The van der Waals surface area contributed by atoms with E-state index < -0.39 is 10.3 Å². The van der Waals surface area contributed by atoms with Crippen molar-refractivity contribution in [2.45, 2.75) is 23.1 Å². The maximum absolute atomic E-state index is 14.2. The summed E-state index contributed by atoms with van der Waals surface area (Å²) in [7, 11) is 0. The standard InChI is InChI=1S/C12H15F3S2/c1-16-11(13,12(14,15)17-2)9-8-10-6-4-3-5-7-10/h3-7H,8-9H2,1-2H3. The molecule has 1 atom stereocenters. The van der Waals surface area contributed by atoms with E-state index in [1.807, 2.05) is 30.3 Å². The van der Waals surface area contributed by atoms with Crippen molar-refractivity contribution in [3.63, 3.8) is 0 Å². The highest BCUT2D eigenvalue weighted by atomic mass is 32.2. The number of aryl methyl sites for hydroxylation is 1. The van der Waals surface area contributed by atoms with Gasteiger partial charge in [0.25, 0.3) is 0 Å². The van der Waals surface area contributed by atoms with Gasteiger partial charge in [0.05, 0.1) is 0 Å². The molecule has 0 fully saturated rings. The molecule has 0 aromatic heterocycles. The van der Waals surface area contributed by atoms with Crippen molar-refractivity contribution in [1.29, 1.82) is 0 Å². The maximum Gasteiger partial charge on any atom is 0.336 e. The molecule has 0 aliphatic heterocycles. The molecule has 1 unspecified atom stereocenters. The van der Waals surface area contributed by atoms with Gasteiger partial charge < -0.3 is 0 Å². The van der Waals surface area contributed by atoms with Crippen molar-refractivity contribution in [1.82, 2.24) is 0 Å². The quantitative estimate of drug-likeness (QED) is 0.746. The van der Waals surface area contributed by atoms with E-state index in [0.29, 0.717) is 18.2 Å². The second-order valence-electron chi connectivity index (χ2n) is 3.64. The summed E-state index contributed by atoms with van der Waals surface area (Å²) < 4.78 is 41.1. The van der Waals surface area contributed by atoms with Gasteiger partial charge >= 0.3 is 5.25 Å². The SMILES string of the molecule is CSC(F)(F)C(F)(CCc1ccccc1)SC. The summed E-state index contributed by atoms with van der Waals surface area (Å²) in [6.45, 7) is 0. The molecule has 1 rings (SSSR count). The van der Waals surface area contributed by atoms with Crippen LogP contribution in [-0.4, -0.2) is 22.8 Å². The molecule has 0 spiro atoms. The largest absolute Gasteiger partial charge is 0.336 e. The van der Waals surface area contributed by atoms with Crippen LogP contribution in [0.25, 0.3) is 0 Å². The van der Waals surface area contributed by atoms with Crippen LogP contribution in [-0.2, 0) is 6.42 Å². The van der Waals surface area contributed by atoms with Crippen LogP contribution in [0.3, 0.4) is 0 Å². The van der Waals surface area contributed by atoms with Gasteiger partial charge in [0.1, 0.15) is 0 Å². The lowest BCUT2D eigenvalue weighted by molar-refractivity contribution is -0.0102. The van der Waals surface area contributed by atoms with Gasteiger partial charge in [-0.25, -0.2) is 4.39 Å². The normalized spacial score (nSPS) is 15.6. The highest BCUT2D eigenvalue weighted by molar-refractivity contribution is 8.03. The molecule has 0 nitrogen and oxygen atoms in total. The number of hydrogen-bond acceptors (Lipinski definition) is 2. The average Bonchev–Trinajstić information content (AvgIpc) is 2.37. The van der Waals surface area contributed by atoms with Gasteiger partial charge in [-0.05, 0) is 24.5 Å². The Labute approximate surface area is 108 Å². The lowest BCUT2D eigenvalue weighted by atomic mass is 10.1. The summed E-state index contributed by atoms with van der Waals surface area (Å²) in [4.78, 5) is 0. The molecule has 0 radical (unpaired) electrons. The third kappa shape index (κ3) is 3.58. The van der Waals surface area contributed by atoms with Crippen molar-refractivity contribution < 1.29 is 13.2 Å². The molecule has 0 saturated heterocycles. The van der Waals surface area contributed by atoms with E-state index in [-0.39, 0.29) is 18.2 Å². The Kier molecular flexibility index (Phi) is 5.25. The summed E-state index contributed by atoms with van der Waals surface area (Å²) in [5, 5.41) is -5.87. The molecule has 1 aromatic rings. The zero-order valence-electron chi connectivity index (χ0n) is 9.75. The topological polar surface area (TPSA) is 0 Å². The van der Waals surface area contributed by atoms with Crippen molar-refractivity contribution in [3.05, 3.63) is 35.9 Å². The van der Waals surface area contributed by atoms with Crippen LogP contribution in [0.5, 0.6) is 0 Å². The van der Waals surface area contributed by atoms with Crippen LogP contribution < -0.4 is 0 Å². The third-order valence-electron chi connectivity index (χ3n) is 2.59. The Balaban J connectivity index is 2.71. The van der Waals surface area contributed by atoms with E-state index in [4.69, 9.17) is 0 Å². The highest BCUT2D eigenvalue weighted by Gasteiger charge is 2.53. The van der Waals surface area contributed by atoms with E-state index in [1.54, 1.807) is 0 Å². The molecule has 0 heterocycles. The Morgan fingerprint density at radius 3 is 2.06 bits per heavy atom. The maximum atomic E-state index is 14.2. The van der Waals surface area contributed by atoms with E-state index in [9.17, 15) is 13.2 Å². The minimum atomic E-state index is -3.36. The number of alkyl halides is 3. The first-order valence-electron chi connectivity index (χ1n) is 5.16. The van der Waals surface area contributed by atoms with Crippen molar-refractivity contribution in [2.24, 2.45) is 0 Å². The van der Waals surface area contributed by atoms with Crippen LogP contribution in [0, 0.1) is 0 Å². The summed E-state index contributed by atoms with van der Waals surface area (Å²) in [5.41, 5.74) is 0.875. The fourth-order valence-corrected chi connectivity index (χ4v) is 2.92. The summed E-state index contributed by atoms with van der Waals surface area (Å²) in [5.74, 6) is 0. The van der Waals surface area contributed by atoms with Gasteiger partial charge in [-0.3, -0.25) is 0 Å². The van der Waals surface area contributed by atoms with Crippen molar-refractivity contribution >= 4 is 23.5 Å². The Hall–Kier alpha value is -0.290. The van der Waals surface area contributed by atoms with Gasteiger partial charge in [-0.1, -0.05) is 42.1 Å². The molecule has 1 aromatic carbocycles. The number of hydrogen-bond donors (Lipinski definition) is 0. The zero-order chi connectivity index (χ0) is 12.9. The lowest BCUT2D eigenvalue weighted by Crippen LogP contribution is -2.38. The smallest absolute Gasteiger partial charge is 0.224 e. The fraction of sp³-hybridized carbons (Fsp3) is 0.500. The molecule has 0 bridgehead atoms. The molecular weight excluding hydrogens is 265 g/mol. The first-order chi connectivity index (χ1) is 7.95. The summed E-state index contributed by atoms with van der Waals surface area (Å²) in [6, 6.07) is 9.12. The van der Waals surface area contributed by atoms with Crippen LogP contribution in [0.15, 0.2) is 30.3 Å². The molecule has 0 saturated carbocycles. The second-order valence-corrected chi connectivity index (χ2v) is 5.62. The van der Waals surface area contributed by atoms with Crippen molar-refractivity contribution in [2.75, 3.05) is 12.5 Å². The Morgan fingerprint density at radius 1 is 1.00 bits per heavy atom. The molecular formula is C12H15F3S2. The van der Waals surface area contributed by atoms with Gasteiger partial charge in [0, 0.05) is 6.42 Å². The number of halogens is 3. The molecule has 0 aliphatic carbocycles. The molecule has 17 heavy (non-hydrogen) atoms. The van der Waals surface area contributed by atoms with Gasteiger partial charge in [-0.15, -0.1) is 11.8 Å². The van der Waals surface area contributed by atoms with Gasteiger partial charge in [0.2, 0.25) is 5.00 Å². The molecule has 0 aliphatic rings. The van der Waals surface area contributed by atoms with E-state index in [2.05, 4.69) is 0 Å². The summed E-state index contributed by atoms with van der Waals surface area (Å²) >= 11 is 0.850. The van der Waals surface area contributed by atoms with E-state index >= 15 is 0 Å². The van der Waals surface area contributed by atoms with Crippen LogP contribution >= 0.6 is 23.5 Å². The number of benzene rings is 1. The third-order valence-corrected chi connectivity index (χ3v) is 4.67. The first-order valence-corrected chi connectivity index (χ1v) is 7.61. The predicted molar refractivity (Wildman–Crippen MR) is 70.6 cm³/mol. The average molecular weight is 280 g/mol. The van der Waals surface area contributed by atoms with Gasteiger partial charge in [-0.2, -0.15) is 8.78 Å². The molecule has 5 heteroatoms. The lowest BCUT2D eigenvalue weighted by Gasteiger charge is -2.30. The highest BCUT2D eigenvalue weighted by Crippen LogP contribution is 2.49. The Bertz CT molecular complexity index is 343. The predicted octanol–water partition coefficient (Wildman–Crippen LogP) is 4.60. The monoisotopic (exact) mass is 280 g/mol. The van der Waals surface area contributed by atoms with Crippen molar-refractivity contribution in [3.8, 4) is 0 Å². The summed E-state index contributed by atoms with van der Waals surface area (Å²) in [6.07, 6.45) is 2.74. The van der Waals surface area contributed by atoms with E-state index in [0.717, 1.165) is 5.56 Å². The van der Waals surface area contributed by atoms with Crippen LogP contribution in [0.4, 0.5) is 13.2 Å². The molecule has 0 N–H and O–H groups in total. The van der Waals surface area contributed by atoms with Gasteiger partial charge in [0.15, 0.2) is 0 Å². The molecule has 0 amide bonds. The van der Waals surface area contributed by atoms with Crippen LogP contribution in [0.2, 0.25) is 0 Å².